The van der Waals surface area contributed by atoms with Gasteiger partial charge in [-0.2, -0.15) is 0 Å². The minimum atomic E-state index is -3.67. The van der Waals surface area contributed by atoms with E-state index in [9.17, 15) is 27.9 Å². The van der Waals surface area contributed by atoms with E-state index in [0.717, 1.165) is 11.3 Å². The van der Waals surface area contributed by atoms with Crippen LogP contribution in [0, 0.1) is 6.92 Å². The van der Waals surface area contributed by atoms with Gasteiger partial charge in [0.15, 0.2) is 0 Å². The second-order valence-corrected chi connectivity index (χ2v) is 20.4. The van der Waals surface area contributed by atoms with Crippen molar-refractivity contribution in [3.05, 3.63) is 59.4 Å². The number of hydrogen-bond acceptors (Lipinski definition) is 6. The van der Waals surface area contributed by atoms with E-state index >= 15 is 0 Å². The number of carboxylic acid groups (broad SMARTS) is 1. The number of carbonyl (C=O) groups excluding carboxylic acids is 2. The first kappa shape index (κ1) is 31.5. The van der Waals surface area contributed by atoms with Crippen LogP contribution in [0.5, 0.6) is 0 Å². The van der Waals surface area contributed by atoms with Crippen molar-refractivity contribution in [2.24, 2.45) is 0 Å². The van der Waals surface area contributed by atoms with E-state index in [1.165, 1.54) is 3.97 Å². The molecule has 4 amide bonds. The number of aromatic nitrogens is 2. The highest BCUT2D eigenvalue weighted by Gasteiger charge is 2.34. The zero-order valence-electron chi connectivity index (χ0n) is 25.5. The van der Waals surface area contributed by atoms with E-state index in [1.807, 2.05) is 24.3 Å². The van der Waals surface area contributed by atoms with Crippen LogP contribution in [0.1, 0.15) is 29.8 Å². The first-order valence-electron chi connectivity index (χ1n) is 14.9. The van der Waals surface area contributed by atoms with Gasteiger partial charge in [-0.1, -0.05) is 43.9 Å². The summed E-state index contributed by atoms with van der Waals surface area (Å²) in [6.45, 7) is 9.27. The Morgan fingerprint density at radius 3 is 2.52 bits per heavy atom. The van der Waals surface area contributed by atoms with Crippen molar-refractivity contribution in [1.82, 2.24) is 24.1 Å². The summed E-state index contributed by atoms with van der Waals surface area (Å²) in [6, 6.07) is 11.4. The Bertz CT molecular complexity index is 1690. The lowest BCUT2D eigenvalue weighted by molar-refractivity contribution is -0.139. The summed E-state index contributed by atoms with van der Waals surface area (Å²) < 4.78 is 27.8. The molecule has 0 saturated carbocycles. The van der Waals surface area contributed by atoms with Crippen LogP contribution in [0.3, 0.4) is 0 Å². The van der Waals surface area contributed by atoms with E-state index in [4.69, 9.17) is 0 Å². The van der Waals surface area contributed by atoms with E-state index < -0.39 is 36.1 Å². The molecular formula is C30H40N6O6SSi. The first-order valence-corrected chi connectivity index (χ1v) is 20.2. The molecule has 1 saturated heterocycles. The largest absolute Gasteiger partial charge is 0.480 e. The van der Waals surface area contributed by atoms with E-state index in [-0.39, 0.29) is 24.2 Å². The van der Waals surface area contributed by atoms with Gasteiger partial charge in [0.2, 0.25) is 10.0 Å². The lowest BCUT2D eigenvalue weighted by Gasteiger charge is -2.40. The summed E-state index contributed by atoms with van der Waals surface area (Å²) in [7, 11) is -5.28. The van der Waals surface area contributed by atoms with Crippen LogP contribution in [-0.4, -0.2) is 89.3 Å². The second-order valence-electron chi connectivity index (χ2n) is 12.9. The number of amides is 4. The number of aryl methyl sites for hydroxylation is 1. The molecule has 3 heterocycles. The third-order valence-corrected chi connectivity index (χ3v) is 12.2. The molecule has 1 aromatic heterocycles. The van der Waals surface area contributed by atoms with Crippen LogP contribution in [0.2, 0.25) is 25.7 Å². The fourth-order valence-corrected chi connectivity index (χ4v) is 10.4. The number of anilines is 1. The fraction of sp³-hybridized carbons (Fsp3) is 0.467. The second kappa shape index (κ2) is 12.2. The molecule has 1 atom stereocenters. The molecule has 0 radical (unpaired) electrons. The summed E-state index contributed by atoms with van der Waals surface area (Å²) in [6.07, 6.45) is 1.12. The maximum Gasteiger partial charge on any atom is 0.326 e. The number of nitrogens with zero attached hydrogens (tertiary/aromatic N) is 4. The molecule has 44 heavy (non-hydrogen) atoms. The number of hydrogen-bond donors (Lipinski definition) is 3. The molecule has 1 fully saturated rings. The highest BCUT2D eigenvalue weighted by atomic mass is 32.2. The Hall–Kier alpha value is -3.91. The minimum Gasteiger partial charge on any atom is -0.480 e. The Morgan fingerprint density at radius 2 is 1.84 bits per heavy atom. The van der Waals surface area contributed by atoms with Crippen LogP contribution >= 0.6 is 0 Å². The van der Waals surface area contributed by atoms with Gasteiger partial charge in [0, 0.05) is 45.9 Å². The van der Waals surface area contributed by atoms with Crippen LogP contribution < -0.4 is 10.6 Å². The number of carbonyl (C=O) groups is 3. The van der Waals surface area contributed by atoms with Gasteiger partial charge < -0.3 is 25.5 Å². The number of benzene rings is 2. The number of fused-ring (bicyclic) bond motifs is 2. The molecule has 14 heteroatoms. The van der Waals surface area contributed by atoms with Gasteiger partial charge in [0.25, 0.3) is 0 Å². The van der Waals surface area contributed by atoms with Gasteiger partial charge in [-0.25, -0.2) is 31.8 Å². The number of nitrogens with one attached hydrogen (secondary N) is 2. The SMILES string of the molecule is Cc1nc2ccc(C[C@@H](NC(=O)N3CCC(N4Cc5ccccc5NC4=O)CC3)C(=O)O)cc2n1S(=O)(=O)CC[Si](C)(C)C. The third kappa shape index (κ3) is 6.91. The first-order chi connectivity index (χ1) is 20.7. The standard InChI is InChI=1S/C30H40N6O6SSi/c1-20-31-25-10-9-21(18-27(25)36(20)43(41,42)15-16-44(2,3)4)17-26(28(37)38)33-29(39)34-13-11-23(12-14-34)35-19-22-7-5-6-8-24(22)32-30(35)40/h5-10,18,23,26H,11-17,19H2,1-4H3,(H,32,40)(H,33,39)(H,37,38)/t26-/m1/s1. The maximum atomic E-state index is 13.3. The summed E-state index contributed by atoms with van der Waals surface area (Å²) in [4.78, 5) is 45.8. The molecule has 0 spiro atoms. The molecule has 236 valence electrons. The van der Waals surface area contributed by atoms with Crippen molar-refractivity contribution in [1.29, 1.82) is 0 Å². The number of imidazole rings is 1. The van der Waals surface area contributed by atoms with Gasteiger partial charge in [0.05, 0.1) is 16.8 Å². The predicted octanol–water partition coefficient (Wildman–Crippen LogP) is 4.08. The number of aliphatic carboxylic acids is 1. The minimum absolute atomic E-state index is 0.0134. The van der Waals surface area contributed by atoms with Crippen molar-refractivity contribution >= 4 is 52.8 Å². The number of carboxylic acids is 1. The zero-order chi connectivity index (χ0) is 31.8. The molecule has 0 bridgehead atoms. The Balaban J connectivity index is 1.23. The lowest BCUT2D eigenvalue weighted by Crippen LogP contribution is -2.54. The number of rotatable bonds is 9. The van der Waals surface area contributed by atoms with Crippen LogP contribution in [-0.2, 0) is 27.8 Å². The van der Waals surface area contributed by atoms with Gasteiger partial charge in [-0.15, -0.1) is 0 Å². The lowest BCUT2D eigenvalue weighted by atomic mass is 10.0. The molecule has 5 rings (SSSR count). The zero-order valence-corrected chi connectivity index (χ0v) is 27.4. The van der Waals surface area contributed by atoms with Crippen LogP contribution in [0.4, 0.5) is 15.3 Å². The average molecular weight is 641 g/mol. The average Bonchev–Trinajstić information content (AvgIpc) is 3.31. The highest BCUT2D eigenvalue weighted by molar-refractivity contribution is 7.90. The van der Waals surface area contributed by atoms with Crippen molar-refractivity contribution in [3.63, 3.8) is 0 Å². The third-order valence-electron chi connectivity index (χ3n) is 8.31. The number of para-hydroxylation sites is 1. The molecule has 0 unspecified atom stereocenters. The molecule has 0 aliphatic carbocycles. The van der Waals surface area contributed by atoms with Crippen molar-refractivity contribution in [2.45, 2.75) is 70.5 Å². The van der Waals surface area contributed by atoms with Gasteiger partial charge in [-0.05, 0) is 55.1 Å². The molecule has 2 aromatic carbocycles. The quantitative estimate of drug-likeness (QED) is 0.298. The number of urea groups is 2. The highest BCUT2D eigenvalue weighted by Crippen LogP contribution is 2.28. The topological polar surface area (TPSA) is 154 Å². The van der Waals surface area contributed by atoms with E-state index in [1.54, 1.807) is 34.9 Å². The molecule has 3 aromatic rings. The number of likely N-dealkylation sites (tertiary alicyclic amines) is 1. The molecule has 2 aliphatic heterocycles. The van der Waals surface area contributed by atoms with Crippen molar-refractivity contribution in [2.75, 3.05) is 24.2 Å². The summed E-state index contributed by atoms with van der Waals surface area (Å²) in [5, 5.41) is 15.5. The van der Waals surface area contributed by atoms with E-state index in [2.05, 4.69) is 35.3 Å². The Labute approximate surface area is 258 Å². The molecule has 12 nitrogen and oxygen atoms in total. The van der Waals surface area contributed by atoms with Gasteiger partial charge >= 0.3 is 18.0 Å². The maximum absolute atomic E-state index is 13.3. The predicted molar refractivity (Wildman–Crippen MR) is 171 cm³/mol. The summed E-state index contributed by atoms with van der Waals surface area (Å²) in [5.74, 6) is -0.825. The van der Waals surface area contributed by atoms with E-state index in [0.29, 0.717) is 60.9 Å². The Morgan fingerprint density at radius 1 is 1.14 bits per heavy atom. The molecule has 3 N–H and O–H groups in total. The summed E-state index contributed by atoms with van der Waals surface area (Å²) >= 11 is 0. The molecule has 2 aliphatic rings. The van der Waals surface area contributed by atoms with Crippen LogP contribution in [0.15, 0.2) is 42.5 Å². The Kier molecular flexibility index (Phi) is 8.76. The number of piperidine rings is 1. The summed E-state index contributed by atoms with van der Waals surface area (Å²) in [5.41, 5.74) is 3.33. The fourth-order valence-electron chi connectivity index (χ4n) is 5.80. The smallest absolute Gasteiger partial charge is 0.326 e. The monoisotopic (exact) mass is 640 g/mol. The van der Waals surface area contributed by atoms with Crippen molar-refractivity contribution < 1.29 is 27.9 Å². The van der Waals surface area contributed by atoms with Gasteiger partial charge in [0.1, 0.15) is 11.9 Å². The van der Waals surface area contributed by atoms with Crippen molar-refractivity contribution in [3.8, 4) is 0 Å². The van der Waals surface area contributed by atoms with Gasteiger partial charge in [-0.3, -0.25) is 0 Å². The normalized spacial score (nSPS) is 16.9. The molecular weight excluding hydrogens is 601 g/mol. The van der Waals surface area contributed by atoms with Crippen LogP contribution in [0.25, 0.3) is 11.0 Å².